The lowest BCUT2D eigenvalue weighted by atomic mass is 9.81. The number of nitrogens with one attached hydrogen (secondary N) is 4. The average molecular weight is 607 g/mol. The number of amides is 4. The van der Waals surface area contributed by atoms with E-state index in [0.717, 1.165) is 0 Å². The first-order valence-electron chi connectivity index (χ1n) is 13.8. The van der Waals surface area contributed by atoms with Crippen LogP contribution in [0, 0.1) is 42.9 Å². The van der Waals surface area contributed by atoms with Gasteiger partial charge in [0.05, 0.1) is 25.7 Å². The zero-order chi connectivity index (χ0) is 30.7. The predicted octanol–water partition coefficient (Wildman–Crippen LogP) is 2.58. The van der Waals surface area contributed by atoms with Gasteiger partial charge in [0, 0.05) is 36.9 Å². The Hall–Kier alpha value is -2.90. The van der Waals surface area contributed by atoms with E-state index in [-0.39, 0.29) is 93.8 Å². The van der Waals surface area contributed by atoms with Gasteiger partial charge in [0.15, 0.2) is 0 Å². The molecule has 4 amide bonds. The molecule has 12 heteroatoms. The van der Waals surface area contributed by atoms with Gasteiger partial charge in [0.1, 0.15) is 0 Å². The summed E-state index contributed by atoms with van der Waals surface area (Å²) in [4.78, 5) is 50.9. The zero-order valence-corrected chi connectivity index (χ0v) is 25.8. The molecule has 0 spiro atoms. The molecule has 1 aliphatic rings. The number of carbonyl (C=O) groups is 4. The Morgan fingerprint density at radius 3 is 1.59 bits per heavy atom. The minimum atomic E-state index is -2.74. The van der Waals surface area contributed by atoms with Gasteiger partial charge in [-0.25, -0.2) is 0 Å². The largest absolute Gasteiger partial charge is 0.350 e. The van der Waals surface area contributed by atoms with Crippen LogP contribution in [-0.2, 0) is 28.3 Å². The molecule has 1 fully saturated rings. The normalized spacial score (nSPS) is 17.9. The van der Waals surface area contributed by atoms with Crippen LogP contribution in [0.2, 0.25) is 0 Å². The fourth-order valence-corrected chi connectivity index (χ4v) is 7.16. The summed E-state index contributed by atoms with van der Waals surface area (Å²) < 4.78 is 18.6. The van der Waals surface area contributed by atoms with E-state index < -0.39 is 12.1 Å². The van der Waals surface area contributed by atoms with Crippen LogP contribution in [0.4, 0.5) is 0 Å². The predicted molar refractivity (Wildman–Crippen MR) is 163 cm³/mol. The fourth-order valence-electron chi connectivity index (χ4n) is 4.60. The molecule has 0 aromatic rings. The number of carbonyl (C=O) groups excluding carboxylic acids is 4. The summed E-state index contributed by atoms with van der Waals surface area (Å²) in [5.41, 5.74) is -1.03. The zero-order valence-electron chi connectivity index (χ0n) is 24.1. The molecule has 0 radical (unpaired) electrons. The van der Waals surface area contributed by atoms with Crippen molar-refractivity contribution in [2.45, 2.75) is 82.8 Å². The first-order chi connectivity index (χ1) is 19.6. The first kappa shape index (κ1) is 36.1. The summed E-state index contributed by atoms with van der Waals surface area (Å²) in [6.07, 6.45) is 20.7. The molecule has 10 nitrogen and oxygen atoms in total. The smallest absolute Gasteiger partial charge is 0.257 e. The van der Waals surface area contributed by atoms with Gasteiger partial charge in [-0.15, -0.1) is 19.3 Å². The molecule has 1 atom stereocenters. The van der Waals surface area contributed by atoms with Gasteiger partial charge in [0.2, 0.25) is 23.6 Å². The van der Waals surface area contributed by atoms with E-state index in [4.69, 9.17) is 23.8 Å². The second kappa shape index (κ2) is 19.3. The highest BCUT2D eigenvalue weighted by molar-refractivity contribution is 8.56. The van der Waals surface area contributed by atoms with Crippen molar-refractivity contribution in [3.8, 4) is 37.0 Å². The molecule has 0 bridgehead atoms. The van der Waals surface area contributed by atoms with Crippen LogP contribution in [0.1, 0.15) is 71.1 Å². The van der Waals surface area contributed by atoms with Crippen LogP contribution in [0.25, 0.3) is 0 Å². The van der Waals surface area contributed by atoms with Crippen LogP contribution in [0.5, 0.6) is 0 Å². The standard InChI is InChI=1S/C29H43N4O6PS/c1-6-20-30-25(34)14-17-29(18-15-26(35)31-21-7-2,19-16-27(36)32-22-8-3)33-28(37)23-10-12-24(13-11-23)39-40(38,9-4)41-5/h1-3,23-24H,9-22H2,4-5H3,(H,30,34)(H,31,35)(H,32,36)(H,33,37)/t23-,24+,40?. The summed E-state index contributed by atoms with van der Waals surface area (Å²) in [6, 6.07) is 0. The molecule has 1 rings (SSSR count). The van der Waals surface area contributed by atoms with Crippen molar-refractivity contribution < 1.29 is 28.3 Å². The molecule has 0 heterocycles. The van der Waals surface area contributed by atoms with Crippen LogP contribution < -0.4 is 21.3 Å². The molecular weight excluding hydrogens is 563 g/mol. The fraction of sp³-hybridized carbons (Fsp3) is 0.655. The Bertz CT molecular complexity index is 977. The van der Waals surface area contributed by atoms with Crippen molar-refractivity contribution in [2.75, 3.05) is 32.1 Å². The van der Waals surface area contributed by atoms with E-state index in [9.17, 15) is 23.7 Å². The van der Waals surface area contributed by atoms with Crippen LogP contribution in [0.15, 0.2) is 0 Å². The molecule has 41 heavy (non-hydrogen) atoms. The minimum Gasteiger partial charge on any atom is -0.350 e. The number of terminal acetylenes is 3. The molecular formula is C29H43N4O6PS. The third-order valence-electron chi connectivity index (χ3n) is 7.06. The van der Waals surface area contributed by atoms with Crippen molar-refractivity contribution in [1.82, 2.24) is 21.3 Å². The van der Waals surface area contributed by atoms with Crippen molar-refractivity contribution in [3.63, 3.8) is 0 Å². The van der Waals surface area contributed by atoms with E-state index in [1.54, 1.807) is 6.26 Å². The van der Waals surface area contributed by atoms with Crippen molar-refractivity contribution in [2.24, 2.45) is 5.92 Å². The van der Waals surface area contributed by atoms with E-state index in [2.05, 4.69) is 39.0 Å². The highest BCUT2D eigenvalue weighted by Crippen LogP contribution is 2.59. The molecule has 0 aromatic carbocycles. The lowest BCUT2D eigenvalue weighted by molar-refractivity contribution is -0.131. The molecule has 0 aromatic heterocycles. The van der Waals surface area contributed by atoms with Crippen molar-refractivity contribution in [3.05, 3.63) is 0 Å². The van der Waals surface area contributed by atoms with E-state index in [0.29, 0.717) is 31.8 Å². The van der Waals surface area contributed by atoms with E-state index in [1.807, 2.05) is 6.92 Å². The molecule has 1 aliphatic carbocycles. The highest BCUT2D eigenvalue weighted by Gasteiger charge is 2.37. The summed E-state index contributed by atoms with van der Waals surface area (Å²) in [5.74, 6) is 5.58. The van der Waals surface area contributed by atoms with Gasteiger partial charge in [-0.05, 0) is 51.2 Å². The Morgan fingerprint density at radius 2 is 1.24 bits per heavy atom. The van der Waals surface area contributed by atoms with Gasteiger partial charge in [-0.3, -0.25) is 23.7 Å². The van der Waals surface area contributed by atoms with Gasteiger partial charge < -0.3 is 25.8 Å². The number of rotatable bonds is 18. The molecule has 4 N–H and O–H groups in total. The minimum absolute atomic E-state index is 0.0292. The summed E-state index contributed by atoms with van der Waals surface area (Å²) in [7, 11) is 0. The molecule has 1 unspecified atom stereocenters. The quantitative estimate of drug-likeness (QED) is 0.139. The lowest BCUT2D eigenvalue weighted by Gasteiger charge is -2.38. The maximum Gasteiger partial charge on any atom is 0.257 e. The Labute approximate surface area is 248 Å². The van der Waals surface area contributed by atoms with Gasteiger partial charge in [0.25, 0.3) is 6.57 Å². The van der Waals surface area contributed by atoms with E-state index >= 15 is 0 Å². The number of hydrogen-bond acceptors (Lipinski definition) is 7. The van der Waals surface area contributed by atoms with Gasteiger partial charge in [-0.1, -0.05) is 36.1 Å². The summed E-state index contributed by atoms with van der Waals surface area (Å²) in [6.45, 7) is -0.715. The van der Waals surface area contributed by atoms with Crippen LogP contribution >= 0.6 is 18.0 Å². The Morgan fingerprint density at radius 1 is 0.829 bits per heavy atom. The molecule has 1 saturated carbocycles. The average Bonchev–Trinajstić information content (AvgIpc) is 2.98. The summed E-state index contributed by atoms with van der Waals surface area (Å²) in [5, 5.41) is 11.0. The molecule has 226 valence electrons. The monoisotopic (exact) mass is 606 g/mol. The maximum atomic E-state index is 13.6. The van der Waals surface area contributed by atoms with E-state index in [1.165, 1.54) is 11.4 Å². The SMILES string of the molecule is C#CCNC(=O)CCC(CCC(=O)NCC#C)(CCC(=O)NCC#C)NC(=O)[C@H]1CC[C@@H](OP(=O)(CC)SC)CC1. The second-order valence-electron chi connectivity index (χ2n) is 9.90. The third-order valence-corrected chi connectivity index (χ3v) is 11.7. The van der Waals surface area contributed by atoms with Crippen LogP contribution in [-0.4, -0.2) is 67.3 Å². The summed E-state index contributed by atoms with van der Waals surface area (Å²) >= 11 is 1.24. The van der Waals surface area contributed by atoms with Gasteiger partial charge >= 0.3 is 0 Å². The van der Waals surface area contributed by atoms with Crippen molar-refractivity contribution >= 4 is 41.6 Å². The number of hydrogen-bond donors (Lipinski definition) is 4. The first-order valence-corrected chi connectivity index (χ1v) is 17.5. The maximum absolute atomic E-state index is 13.6. The molecule has 0 aliphatic heterocycles. The van der Waals surface area contributed by atoms with Gasteiger partial charge in [-0.2, -0.15) is 0 Å². The lowest BCUT2D eigenvalue weighted by Crippen LogP contribution is -2.52. The van der Waals surface area contributed by atoms with Crippen LogP contribution in [0.3, 0.4) is 0 Å². The Kier molecular flexibility index (Phi) is 17.0. The third kappa shape index (κ3) is 14.0. The Balaban J connectivity index is 3.09. The highest BCUT2D eigenvalue weighted by atomic mass is 32.7. The molecule has 0 saturated heterocycles. The second-order valence-corrected chi connectivity index (χ2v) is 15.1. The van der Waals surface area contributed by atoms with Crippen molar-refractivity contribution in [1.29, 1.82) is 0 Å². The topological polar surface area (TPSA) is 143 Å².